The van der Waals surface area contributed by atoms with E-state index >= 15 is 0 Å². The third-order valence-corrected chi connectivity index (χ3v) is 2.84. The van der Waals surface area contributed by atoms with Gasteiger partial charge in [-0.3, -0.25) is 0 Å². The molecular formula is C21H22O2. The van der Waals surface area contributed by atoms with Gasteiger partial charge in [0.25, 0.3) is 0 Å². The lowest BCUT2D eigenvalue weighted by Crippen LogP contribution is -1.92. The van der Waals surface area contributed by atoms with Crippen LogP contribution in [-0.2, 0) is 9.53 Å². The molecule has 1 rings (SSSR count). The third-order valence-electron chi connectivity index (χ3n) is 2.84. The number of esters is 1. The predicted molar refractivity (Wildman–Crippen MR) is 98.8 cm³/mol. The summed E-state index contributed by atoms with van der Waals surface area (Å²) in [4.78, 5) is 11.0. The summed E-state index contributed by atoms with van der Waals surface area (Å²) in [5.74, 6) is -0.362. The van der Waals surface area contributed by atoms with Crippen molar-refractivity contribution in [3.63, 3.8) is 0 Å². The highest BCUT2D eigenvalue weighted by molar-refractivity contribution is 5.82. The Balaban J connectivity index is 2.72. The Hall–Kier alpha value is -2.87. The molecule has 0 atom stereocenters. The summed E-state index contributed by atoms with van der Waals surface area (Å²) in [6.45, 7) is 1.98. The molecule has 0 spiro atoms. The monoisotopic (exact) mass is 306 g/mol. The molecule has 0 bridgehead atoms. The minimum atomic E-state index is -0.362. The van der Waals surface area contributed by atoms with Crippen LogP contribution in [0.4, 0.5) is 0 Å². The second kappa shape index (κ2) is 11.8. The second-order valence-electron chi connectivity index (χ2n) is 4.53. The van der Waals surface area contributed by atoms with E-state index in [-0.39, 0.29) is 5.97 Å². The van der Waals surface area contributed by atoms with Crippen LogP contribution in [0.25, 0.3) is 12.2 Å². The number of hydrogen-bond acceptors (Lipinski definition) is 2. The molecule has 0 saturated heterocycles. The summed E-state index contributed by atoms with van der Waals surface area (Å²) in [5.41, 5.74) is 2.19. The van der Waals surface area contributed by atoms with E-state index in [1.165, 1.54) is 13.2 Å². The number of carbonyl (C=O) groups is 1. The van der Waals surface area contributed by atoms with Crippen molar-refractivity contribution in [2.24, 2.45) is 0 Å². The molecule has 0 aliphatic heterocycles. The highest BCUT2D eigenvalue weighted by Crippen LogP contribution is 2.12. The minimum absolute atomic E-state index is 0.362. The largest absolute Gasteiger partial charge is 0.466 e. The van der Waals surface area contributed by atoms with Crippen LogP contribution in [-0.4, -0.2) is 13.1 Å². The number of ether oxygens (including phenoxy) is 1. The van der Waals surface area contributed by atoms with E-state index in [0.717, 1.165) is 11.1 Å². The van der Waals surface area contributed by atoms with Gasteiger partial charge in [0.2, 0.25) is 0 Å². The van der Waals surface area contributed by atoms with Gasteiger partial charge < -0.3 is 4.74 Å². The second-order valence-corrected chi connectivity index (χ2v) is 4.53. The van der Waals surface area contributed by atoms with Gasteiger partial charge in [-0.25, -0.2) is 4.79 Å². The fourth-order valence-electron chi connectivity index (χ4n) is 1.70. The van der Waals surface area contributed by atoms with Crippen molar-refractivity contribution in [3.05, 3.63) is 96.2 Å². The van der Waals surface area contributed by atoms with Gasteiger partial charge >= 0.3 is 5.97 Å². The zero-order valence-corrected chi connectivity index (χ0v) is 13.6. The first-order valence-corrected chi connectivity index (χ1v) is 7.42. The quantitative estimate of drug-likeness (QED) is 0.396. The van der Waals surface area contributed by atoms with Gasteiger partial charge in [0, 0.05) is 6.08 Å². The Kier molecular flexibility index (Phi) is 9.29. The summed E-state index contributed by atoms with van der Waals surface area (Å²) in [5, 5.41) is 0. The van der Waals surface area contributed by atoms with Crippen molar-refractivity contribution in [3.8, 4) is 0 Å². The lowest BCUT2D eigenvalue weighted by atomic mass is 10.1. The van der Waals surface area contributed by atoms with Crippen molar-refractivity contribution in [1.82, 2.24) is 0 Å². The molecule has 0 aromatic heterocycles. The van der Waals surface area contributed by atoms with Crippen molar-refractivity contribution < 1.29 is 9.53 Å². The molecule has 1 aromatic rings. The van der Waals surface area contributed by atoms with Gasteiger partial charge in [-0.1, -0.05) is 91.1 Å². The molecule has 0 radical (unpaired) electrons. The zero-order valence-electron chi connectivity index (χ0n) is 13.6. The van der Waals surface area contributed by atoms with Crippen LogP contribution in [0.3, 0.4) is 0 Å². The van der Waals surface area contributed by atoms with Gasteiger partial charge in [0.05, 0.1) is 7.11 Å². The Morgan fingerprint density at radius 1 is 0.826 bits per heavy atom. The molecule has 2 heteroatoms. The Bertz CT molecular complexity index is 656. The Morgan fingerprint density at radius 3 is 1.91 bits per heavy atom. The lowest BCUT2D eigenvalue weighted by molar-refractivity contribution is -0.134. The smallest absolute Gasteiger partial charge is 0.330 e. The molecule has 0 N–H and O–H groups in total. The van der Waals surface area contributed by atoms with Crippen LogP contribution in [0.5, 0.6) is 0 Å². The molecule has 0 saturated carbocycles. The number of rotatable bonds is 7. The highest BCUT2D eigenvalue weighted by Gasteiger charge is 1.93. The first kappa shape index (κ1) is 18.2. The molecule has 0 unspecified atom stereocenters. The summed E-state index contributed by atoms with van der Waals surface area (Å²) in [7, 11) is 1.36. The van der Waals surface area contributed by atoms with Gasteiger partial charge in [0.15, 0.2) is 0 Å². The van der Waals surface area contributed by atoms with Crippen LogP contribution < -0.4 is 0 Å². The van der Waals surface area contributed by atoms with Crippen LogP contribution in [0.15, 0.2) is 85.0 Å². The molecule has 0 amide bonds. The number of allylic oxidation sites excluding steroid dienone is 9. The Labute approximate surface area is 138 Å². The highest BCUT2D eigenvalue weighted by atomic mass is 16.5. The molecule has 0 aliphatic rings. The number of methoxy groups -OCH3 is 1. The van der Waals surface area contributed by atoms with Crippen LogP contribution in [0.1, 0.15) is 18.1 Å². The maximum atomic E-state index is 11.0. The fraction of sp³-hybridized carbons (Fsp3) is 0.0952. The van der Waals surface area contributed by atoms with Crippen molar-refractivity contribution in [2.75, 3.05) is 7.11 Å². The van der Waals surface area contributed by atoms with Crippen molar-refractivity contribution in [2.45, 2.75) is 6.92 Å². The standard InChI is InChI=1S/C21H22O2/c1-3-4-5-6-7-8-9-14-19-15-10-11-16-20(19)17-12-13-18-21(22)23-2/h3-18H,1-2H3/b4-3+,6-5-,8-7+,14-9-,17-12+,18-13+. The maximum absolute atomic E-state index is 11.0. The predicted octanol–water partition coefficient (Wildman–Crippen LogP) is 5.13. The molecule has 0 fully saturated rings. The normalized spacial score (nSPS) is 12.8. The van der Waals surface area contributed by atoms with E-state index in [9.17, 15) is 4.79 Å². The van der Waals surface area contributed by atoms with Gasteiger partial charge in [-0.15, -0.1) is 0 Å². The van der Waals surface area contributed by atoms with E-state index in [4.69, 9.17) is 0 Å². The van der Waals surface area contributed by atoms with E-state index in [1.54, 1.807) is 6.08 Å². The first-order valence-electron chi connectivity index (χ1n) is 7.42. The Morgan fingerprint density at radius 2 is 1.35 bits per heavy atom. The van der Waals surface area contributed by atoms with Crippen molar-refractivity contribution in [1.29, 1.82) is 0 Å². The topological polar surface area (TPSA) is 26.3 Å². The molecule has 1 aromatic carbocycles. The van der Waals surface area contributed by atoms with Crippen molar-refractivity contribution >= 4 is 18.1 Å². The van der Waals surface area contributed by atoms with E-state index in [2.05, 4.69) is 4.74 Å². The van der Waals surface area contributed by atoms with Gasteiger partial charge in [0.1, 0.15) is 0 Å². The van der Waals surface area contributed by atoms with E-state index < -0.39 is 0 Å². The van der Waals surface area contributed by atoms with Crippen LogP contribution in [0, 0.1) is 0 Å². The average molecular weight is 306 g/mol. The third kappa shape index (κ3) is 8.22. The maximum Gasteiger partial charge on any atom is 0.330 e. The van der Waals surface area contributed by atoms with Gasteiger partial charge in [-0.2, -0.15) is 0 Å². The molecular weight excluding hydrogens is 284 g/mol. The van der Waals surface area contributed by atoms with E-state index in [0.29, 0.717) is 0 Å². The van der Waals surface area contributed by atoms with Gasteiger partial charge in [-0.05, 0) is 18.1 Å². The number of carbonyl (C=O) groups excluding carboxylic acids is 1. The van der Waals surface area contributed by atoms with Crippen LogP contribution >= 0.6 is 0 Å². The summed E-state index contributed by atoms with van der Waals surface area (Å²) in [6, 6.07) is 8.05. The molecule has 2 nitrogen and oxygen atoms in total. The summed E-state index contributed by atoms with van der Waals surface area (Å²) in [6.07, 6.45) is 22.8. The molecule has 23 heavy (non-hydrogen) atoms. The summed E-state index contributed by atoms with van der Waals surface area (Å²) < 4.78 is 4.54. The minimum Gasteiger partial charge on any atom is -0.466 e. The lowest BCUT2D eigenvalue weighted by Gasteiger charge is -1.99. The molecule has 118 valence electrons. The number of benzene rings is 1. The van der Waals surface area contributed by atoms with E-state index in [1.807, 2.05) is 91.9 Å². The molecule has 0 heterocycles. The van der Waals surface area contributed by atoms with Crippen LogP contribution in [0.2, 0.25) is 0 Å². The zero-order chi connectivity index (χ0) is 16.8. The number of hydrogen-bond donors (Lipinski definition) is 0. The summed E-state index contributed by atoms with van der Waals surface area (Å²) >= 11 is 0. The SMILES string of the molecule is C/C=C/C=C\C=C\C=C/c1ccccc1/C=C/C=C/C(=O)OC. The molecule has 0 aliphatic carbocycles. The fourth-order valence-corrected chi connectivity index (χ4v) is 1.70. The average Bonchev–Trinajstić information content (AvgIpc) is 2.58. The first-order chi connectivity index (χ1) is 11.3.